The molecule has 1 aromatic carbocycles. The van der Waals surface area contributed by atoms with E-state index in [2.05, 4.69) is 12.2 Å². The van der Waals surface area contributed by atoms with Gasteiger partial charge in [0.15, 0.2) is 0 Å². The largest absolute Gasteiger partial charge is 0.491 e. The minimum Gasteiger partial charge on any atom is -0.491 e. The van der Waals surface area contributed by atoms with Crippen molar-refractivity contribution in [2.75, 3.05) is 19.8 Å². The Morgan fingerprint density at radius 1 is 1.29 bits per heavy atom. The Kier molecular flexibility index (Phi) is 5.00. The molecule has 0 aromatic heterocycles. The highest BCUT2D eigenvalue weighted by Crippen LogP contribution is 2.11. The molecule has 1 N–H and O–H groups in total. The lowest BCUT2D eigenvalue weighted by molar-refractivity contribution is 0.273. The van der Waals surface area contributed by atoms with Crippen molar-refractivity contribution in [3.63, 3.8) is 0 Å². The van der Waals surface area contributed by atoms with Gasteiger partial charge in [-0.3, -0.25) is 0 Å². The Morgan fingerprint density at radius 3 is 2.57 bits per heavy atom. The third-order valence-electron chi connectivity index (χ3n) is 1.85. The van der Waals surface area contributed by atoms with E-state index >= 15 is 0 Å². The molecule has 0 spiro atoms. The molecular formula is C11H16FNO. The first-order chi connectivity index (χ1) is 6.86. The van der Waals surface area contributed by atoms with Crippen LogP contribution in [0.1, 0.15) is 12.5 Å². The van der Waals surface area contributed by atoms with Gasteiger partial charge in [-0.05, 0) is 24.2 Å². The van der Waals surface area contributed by atoms with Gasteiger partial charge in [-0.25, -0.2) is 4.39 Å². The van der Waals surface area contributed by atoms with Crippen LogP contribution in [-0.2, 0) is 6.54 Å². The van der Waals surface area contributed by atoms with Crippen LogP contribution in [0.15, 0.2) is 24.3 Å². The van der Waals surface area contributed by atoms with Gasteiger partial charge in [-0.15, -0.1) is 0 Å². The molecule has 0 unspecified atom stereocenters. The molecule has 0 aliphatic rings. The van der Waals surface area contributed by atoms with Gasteiger partial charge >= 0.3 is 0 Å². The lowest BCUT2D eigenvalue weighted by atomic mass is 10.2. The molecule has 0 bridgehead atoms. The first-order valence-corrected chi connectivity index (χ1v) is 4.85. The van der Waals surface area contributed by atoms with Crippen LogP contribution in [0.2, 0.25) is 0 Å². The summed E-state index contributed by atoms with van der Waals surface area (Å²) < 4.78 is 16.9. The van der Waals surface area contributed by atoms with Crippen LogP contribution in [0.25, 0.3) is 0 Å². The zero-order valence-electron chi connectivity index (χ0n) is 8.42. The smallest absolute Gasteiger partial charge is 0.123 e. The molecule has 0 saturated heterocycles. The number of nitrogens with one attached hydrogen (secondary N) is 1. The van der Waals surface area contributed by atoms with E-state index in [-0.39, 0.29) is 6.61 Å². The second-order valence-corrected chi connectivity index (χ2v) is 2.96. The van der Waals surface area contributed by atoms with Gasteiger partial charge in [-0.2, -0.15) is 0 Å². The van der Waals surface area contributed by atoms with E-state index in [1.165, 1.54) is 5.56 Å². The fourth-order valence-electron chi connectivity index (χ4n) is 1.13. The van der Waals surface area contributed by atoms with Crippen LogP contribution < -0.4 is 10.1 Å². The lowest BCUT2D eigenvalue weighted by Crippen LogP contribution is -2.11. The first-order valence-electron chi connectivity index (χ1n) is 4.85. The summed E-state index contributed by atoms with van der Waals surface area (Å²) >= 11 is 0. The zero-order chi connectivity index (χ0) is 10.2. The van der Waals surface area contributed by atoms with Gasteiger partial charge in [-0.1, -0.05) is 19.1 Å². The van der Waals surface area contributed by atoms with Gasteiger partial charge in [0.2, 0.25) is 0 Å². The van der Waals surface area contributed by atoms with E-state index in [4.69, 9.17) is 4.74 Å². The molecule has 0 heterocycles. The molecule has 78 valence electrons. The van der Waals surface area contributed by atoms with E-state index in [0.717, 1.165) is 18.8 Å². The Balaban J connectivity index is 2.42. The third kappa shape index (κ3) is 3.75. The number of benzene rings is 1. The van der Waals surface area contributed by atoms with E-state index in [1.807, 2.05) is 24.3 Å². The topological polar surface area (TPSA) is 21.3 Å². The Labute approximate surface area is 84.1 Å². The van der Waals surface area contributed by atoms with Crippen molar-refractivity contribution >= 4 is 0 Å². The Morgan fingerprint density at radius 2 is 2.00 bits per heavy atom. The average molecular weight is 197 g/mol. The lowest BCUT2D eigenvalue weighted by Gasteiger charge is -2.05. The van der Waals surface area contributed by atoms with Crippen LogP contribution in [0.5, 0.6) is 5.75 Å². The third-order valence-corrected chi connectivity index (χ3v) is 1.85. The summed E-state index contributed by atoms with van der Waals surface area (Å²) in [5, 5.41) is 3.23. The normalized spacial score (nSPS) is 10.1. The molecule has 2 nitrogen and oxygen atoms in total. The molecule has 1 rings (SSSR count). The maximum atomic E-state index is 11.8. The van der Waals surface area contributed by atoms with Crippen LogP contribution in [0, 0.1) is 0 Å². The highest BCUT2D eigenvalue weighted by Gasteiger charge is 1.94. The molecule has 0 fully saturated rings. The fraction of sp³-hybridized carbons (Fsp3) is 0.455. The zero-order valence-corrected chi connectivity index (χ0v) is 8.42. The molecule has 0 saturated carbocycles. The quantitative estimate of drug-likeness (QED) is 0.754. The standard InChI is InChI=1S/C11H16FNO/c1-2-13-9-10-3-5-11(6-4-10)14-8-7-12/h3-6,13H,2,7-9H2,1H3. The summed E-state index contributed by atoms with van der Waals surface area (Å²) in [4.78, 5) is 0. The molecule has 14 heavy (non-hydrogen) atoms. The number of halogens is 1. The van der Waals surface area contributed by atoms with Crippen LogP contribution >= 0.6 is 0 Å². The molecule has 0 atom stereocenters. The molecule has 0 amide bonds. The van der Waals surface area contributed by atoms with Gasteiger partial charge in [0.1, 0.15) is 19.0 Å². The highest BCUT2D eigenvalue weighted by molar-refractivity contribution is 5.27. The molecular weight excluding hydrogens is 181 g/mol. The predicted molar refractivity (Wildman–Crippen MR) is 55.3 cm³/mol. The van der Waals surface area contributed by atoms with Crippen molar-refractivity contribution in [2.45, 2.75) is 13.5 Å². The first kappa shape index (κ1) is 11.0. The minimum atomic E-state index is -0.445. The minimum absolute atomic E-state index is 0.132. The SMILES string of the molecule is CCNCc1ccc(OCCF)cc1. The predicted octanol–water partition coefficient (Wildman–Crippen LogP) is 2.14. The second kappa shape index (κ2) is 6.38. The highest BCUT2D eigenvalue weighted by atomic mass is 19.1. The molecule has 0 aliphatic heterocycles. The van der Waals surface area contributed by atoms with Gasteiger partial charge < -0.3 is 10.1 Å². The van der Waals surface area contributed by atoms with Crippen molar-refractivity contribution < 1.29 is 9.13 Å². The van der Waals surface area contributed by atoms with Gasteiger partial charge in [0.25, 0.3) is 0 Å². The van der Waals surface area contributed by atoms with E-state index in [0.29, 0.717) is 0 Å². The average Bonchev–Trinajstić information content (AvgIpc) is 2.25. The second-order valence-electron chi connectivity index (χ2n) is 2.96. The summed E-state index contributed by atoms with van der Waals surface area (Å²) in [5.41, 5.74) is 1.21. The monoisotopic (exact) mass is 197 g/mol. The maximum Gasteiger partial charge on any atom is 0.123 e. The number of ether oxygens (including phenoxy) is 1. The Bertz CT molecular complexity index is 221. The molecule has 1 aromatic rings. The summed E-state index contributed by atoms with van der Waals surface area (Å²) in [6.07, 6.45) is 0. The maximum absolute atomic E-state index is 11.8. The summed E-state index contributed by atoms with van der Waals surface area (Å²) in [5.74, 6) is 0.725. The van der Waals surface area contributed by atoms with Gasteiger partial charge in [0, 0.05) is 6.54 Å². The Hall–Kier alpha value is -1.09. The summed E-state index contributed by atoms with van der Waals surface area (Å²) in [6, 6.07) is 7.69. The van der Waals surface area contributed by atoms with E-state index < -0.39 is 6.67 Å². The number of rotatable bonds is 6. The van der Waals surface area contributed by atoms with Gasteiger partial charge in [0.05, 0.1) is 0 Å². The number of hydrogen-bond acceptors (Lipinski definition) is 2. The van der Waals surface area contributed by atoms with Crippen LogP contribution in [-0.4, -0.2) is 19.8 Å². The number of alkyl halides is 1. The fourth-order valence-corrected chi connectivity index (χ4v) is 1.13. The van der Waals surface area contributed by atoms with Crippen molar-refractivity contribution in [1.29, 1.82) is 0 Å². The molecule has 0 aliphatic carbocycles. The molecule has 0 radical (unpaired) electrons. The van der Waals surface area contributed by atoms with Crippen LogP contribution in [0.4, 0.5) is 4.39 Å². The van der Waals surface area contributed by atoms with Crippen molar-refractivity contribution in [3.8, 4) is 5.75 Å². The van der Waals surface area contributed by atoms with Crippen molar-refractivity contribution in [3.05, 3.63) is 29.8 Å². The van der Waals surface area contributed by atoms with E-state index in [9.17, 15) is 4.39 Å². The summed E-state index contributed by atoms with van der Waals surface area (Å²) in [6.45, 7) is 3.57. The number of hydrogen-bond donors (Lipinski definition) is 1. The van der Waals surface area contributed by atoms with Crippen LogP contribution in [0.3, 0.4) is 0 Å². The van der Waals surface area contributed by atoms with Crippen molar-refractivity contribution in [1.82, 2.24) is 5.32 Å². The summed E-state index contributed by atoms with van der Waals surface area (Å²) in [7, 11) is 0. The van der Waals surface area contributed by atoms with E-state index in [1.54, 1.807) is 0 Å². The van der Waals surface area contributed by atoms with Crippen molar-refractivity contribution in [2.24, 2.45) is 0 Å². The molecule has 3 heteroatoms.